The summed E-state index contributed by atoms with van der Waals surface area (Å²) in [6.07, 6.45) is 1.62. The van der Waals surface area contributed by atoms with Crippen molar-refractivity contribution in [2.45, 2.75) is 23.9 Å². The number of thioether (sulfide) groups is 1. The van der Waals surface area contributed by atoms with Crippen LogP contribution in [0, 0.1) is 0 Å². The zero-order valence-corrected chi connectivity index (χ0v) is 15.2. The smallest absolute Gasteiger partial charge is 0.233 e. The molecule has 0 fully saturated rings. The van der Waals surface area contributed by atoms with Crippen LogP contribution in [0.1, 0.15) is 11.8 Å². The van der Waals surface area contributed by atoms with Crippen LogP contribution in [-0.2, 0) is 11.3 Å². The molecule has 3 rings (SSSR count). The maximum absolute atomic E-state index is 12.3. The molecule has 0 saturated carbocycles. The minimum Gasteiger partial charge on any atom is -0.350 e. The second-order valence-corrected chi connectivity index (χ2v) is 7.80. The monoisotopic (exact) mass is 378 g/mol. The van der Waals surface area contributed by atoms with E-state index in [1.54, 1.807) is 17.7 Å². The highest BCUT2D eigenvalue weighted by molar-refractivity contribution is 8.00. The fourth-order valence-electron chi connectivity index (χ4n) is 2.05. The standard InChI is InChI=1S/C16H15ClN4OS2/c1-11(15(22)18-9-14-6-3-7-23-14)24-16-20-19-10-21(16)13-5-2-4-12(17)8-13/h2-8,10-11H,9H2,1H3,(H,18,22)/t11-/m1/s1. The topological polar surface area (TPSA) is 59.8 Å². The maximum atomic E-state index is 12.3. The van der Waals surface area contributed by atoms with Gasteiger partial charge in [0.1, 0.15) is 6.33 Å². The van der Waals surface area contributed by atoms with Gasteiger partial charge in [-0.2, -0.15) is 0 Å². The first-order valence-corrected chi connectivity index (χ1v) is 9.40. The number of amides is 1. The molecule has 1 atom stereocenters. The Bertz CT molecular complexity index is 819. The van der Waals surface area contributed by atoms with Crippen molar-refractivity contribution in [1.29, 1.82) is 0 Å². The van der Waals surface area contributed by atoms with Crippen molar-refractivity contribution >= 4 is 40.6 Å². The fourth-order valence-corrected chi connectivity index (χ4v) is 3.75. The Hall–Kier alpha value is -1.83. The first-order valence-electron chi connectivity index (χ1n) is 7.26. The van der Waals surface area contributed by atoms with Gasteiger partial charge in [0.05, 0.1) is 17.5 Å². The highest BCUT2D eigenvalue weighted by atomic mass is 35.5. The van der Waals surface area contributed by atoms with Crippen molar-refractivity contribution in [2.75, 3.05) is 0 Å². The minimum absolute atomic E-state index is 0.0333. The van der Waals surface area contributed by atoms with Crippen molar-refractivity contribution in [1.82, 2.24) is 20.1 Å². The van der Waals surface area contributed by atoms with E-state index in [1.807, 2.05) is 53.3 Å². The Labute approximate surface area is 153 Å². The summed E-state index contributed by atoms with van der Waals surface area (Å²) in [6.45, 7) is 2.40. The molecule has 0 radical (unpaired) electrons. The van der Waals surface area contributed by atoms with Gasteiger partial charge in [0, 0.05) is 9.90 Å². The highest BCUT2D eigenvalue weighted by Crippen LogP contribution is 2.25. The van der Waals surface area contributed by atoms with Crippen LogP contribution in [0.2, 0.25) is 5.02 Å². The number of carbonyl (C=O) groups excluding carboxylic acids is 1. The van der Waals surface area contributed by atoms with Gasteiger partial charge in [-0.1, -0.05) is 35.5 Å². The van der Waals surface area contributed by atoms with E-state index in [0.29, 0.717) is 16.7 Å². The van der Waals surface area contributed by atoms with Crippen LogP contribution in [0.25, 0.3) is 5.69 Å². The normalized spacial score (nSPS) is 12.1. The summed E-state index contributed by atoms with van der Waals surface area (Å²) in [4.78, 5) is 13.4. The maximum Gasteiger partial charge on any atom is 0.233 e. The van der Waals surface area contributed by atoms with E-state index in [1.165, 1.54) is 11.8 Å². The van der Waals surface area contributed by atoms with Gasteiger partial charge < -0.3 is 5.32 Å². The van der Waals surface area contributed by atoms with Crippen LogP contribution in [0.3, 0.4) is 0 Å². The molecule has 0 bridgehead atoms. The van der Waals surface area contributed by atoms with Gasteiger partial charge in [-0.3, -0.25) is 9.36 Å². The van der Waals surface area contributed by atoms with E-state index >= 15 is 0 Å². The van der Waals surface area contributed by atoms with E-state index in [9.17, 15) is 4.79 Å². The molecule has 0 aliphatic rings. The van der Waals surface area contributed by atoms with Gasteiger partial charge in [0.25, 0.3) is 0 Å². The van der Waals surface area contributed by atoms with Crippen LogP contribution in [0.15, 0.2) is 53.3 Å². The zero-order chi connectivity index (χ0) is 16.9. The SMILES string of the molecule is C[C@@H](Sc1nncn1-c1cccc(Cl)c1)C(=O)NCc1cccs1. The average molecular weight is 379 g/mol. The van der Waals surface area contributed by atoms with Crippen molar-refractivity contribution in [3.05, 3.63) is 58.0 Å². The number of thiophene rings is 1. The summed E-state index contributed by atoms with van der Waals surface area (Å²) in [6, 6.07) is 11.4. The molecule has 0 saturated heterocycles. The second kappa shape index (κ2) is 7.83. The third-order valence-corrected chi connectivity index (χ3v) is 5.44. The van der Waals surface area contributed by atoms with Gasteiger partial charge in [0.2, 0.25) is 5.91 Å². The number of benzene rings is 1. The fraction of sp³-hybridized carbons (Fsp3) is 0.188. The van der Waals surface area contributed by atoms with E-state index in [4.69, 9.17) is 11.6 Å². The minimum atomic E-state index is -0.285. The molecular formula is C16H15ClN4OS2. The summed E-state index contributed by atoms with van der Waals surface area (Å²) >= 11 is 9.02. The van der Waals surface area contributed by atoms with Crippen molar-refractivity contribution < 1.29 is 4.79 Å². The van der Waals surface area contributed by atoms with E-state index in [0.717, 1.165) is 10.6 Å². The largest absolute Gasteiger partial charge is 0.350 e. The van der Waals surface area contributed by atoms with Gasteiger partial charge in [-0.15, -0.1) is 21.5 Å². The molecule has 24 heavy (non-hydrogen) atoms. The number of rotatable bonds is 6. The number of nitrogens with zero attached hydrogens (tertiary/aromatic N) is 3. The average Bonchev–Trinajstić information content (AvgIpc) is 3.24. The lowest BCUT2D eigenvalue weighted by Crippen LogP contribution is -2.30. The van der Waals surface area contributed by atoms with E-state index in [-0.39, 0.29) is 11.2 Å². The molecule has 0 spiro atoms. The Morgan fingerprint density at radius 3 is 3.04 bits per heavy atom. The van der Waals surface area contributed by atoms with Crippen LogP contribution >= 0.6 is 34.7 Å². The number of nitrogens with one attached hydrogen (secondary N) is 1. The number of hydrogen-bond donors (Lipinski definition) is 1. The lowest BCUT2D eigenvalue weighted by atomic mass is 10.3. The summed E-state index contributed by atoms with van der Waals surface area (Å²) in [5.41, 5.74) is 0.862. The lowest BCUT2D eigenvalue weighted by molar-refractivity contribution is -0.120. The third-order valence-electron chi connectivity index (χ3n) is 3.27. The van der Waals surface area contributed by atoms with Gasteiger partial charge in [0.15, 0.2) is 5.16 Å². The number of hydrogen-bond acceptors (Lipinski definition) is 5. The Balaban J connectivity index is 1.65. The van der Waals surface area contributed by atoms with Crippen LogP contribution in [0.4, 0.5) is 0 Å². The first-order chi connectivity index (χ1) is 11.6. The third kappa shape index (κ3) is 4.17. The highest BCUT2D eigenvalue weighted by Gasteiger charge is 2.18. The number of halogens is 1. The van der Waals surface area contributed by atoms with E-state index in [2.05, 4.69) is 15.5 Å². The molecular weight excluding hydrogens is 364 g/mol. The molecule has 8 heteroatoms. The summed E-state index contributed by atoms with van der Waals surface area (Å²) in [7, 11) is 0. The predicted octanol–water partition coefficient (Wildman–Crippen LogP) is 3.78. The lowest BCUT2D eigenvalue weighted by Gasteiger charge is -2.12. The quantitative estimate of drug-likeness (QED) is 0.663. The van der Waals surface area contributed by atoms with Crippen molar-refractivity contribution in [3.8, 4) is 5.69 Å². The summed E-state index contributed by atoms with van der Waals surface area (Å²) in [5.74, 6) is -0.0333. The first kappa shape index (κ1) is 17.0. The molecule has 0 aliphatic heterocycles. The second-order valence-electron chi connectivity index (χ2n) is 5.02. The number of aromatic nitrogens is 3. The van der Waals surface area contributed by atoms with Gasteiger partial charge in [-0.05, 0) is 36.6 Å². The molecule has 1 amide bonds. The summed E-state index contributed by atoms with van der Waals surface area (Å²) < 4.78 is 1.82. The van der Waals surface area contributed by atoms with Crippen LogP contribution in [-0.4, -0.2) is 25.9 Å². The molecule has 2 aromatic heterocycles. The molecule has 124 valence electrons. The van der Waals surface area contributed by atoms with Crippen LogP contribution in [0.5, 0.6) is 0 Å². The van der Waals surface area contributed by atoms with Crippen molar-refractivity contribution in [2.24, 2.45) is 0 Å². The van der Waals surface area contributed by atoms with Crippen molar-refractivity contribution in [3.63, 3.8) is 0 Å². The molecule has 0 unspecified atom stereocenters. The molecule has 1 aromatic carbocycles. The van der Waals surface area contributed by atoms with Crippen LogP contribution < -0.4 is 5.32 Å². The molecule has 3 aromatic rings. The molecule has 2 heterocycles. The number of carbonyl (C=O) groups is 1. The molecule has 1 N–H and O–H groups in total. The Kier molecular flexibility index (Phi) is 5.55. The van der Waals surface area contributed by atoms with E-state index < -0.39 is 0 Å². The van der Waals surface area contributed by atoms with Gasteiger partial charge in [-0.25, -0.2) is 0 Å². The molecule has 5 nitrogen and oxygen atoms in total. The molecule has 0 aliphatic carbocycles. The Morgan fingerprint density at radius 2 is 2.29 bits per heavy atom. The predicted molar refractivity (Wildman–Crippen MR) is 97.9 cm³/mol. The van der Waals surface area contributed by atoms with Gasteiger partial charge >= 0.3 is 0 Å². The Morgan fingerprint density at radius 1 is 1.42 bits per heavy atom. The zero-order valence-electron chi connectivity index (χ0n) is 12.8. The summed E-state index contributed by atoms with van der Waals surface area (Å²) in [5, 5.41) is 14.0.